The van der Waals surface area contributed by atoms with E-state index in [1.54, 1.807) is 17.4 Å². The molecule has 16 heavy (non-hydrogen) atoms. The first-order chi connectivity index (χ1) is 7.61. The Morgan fingerprint density at radius 3 is 2.56 bits per heavy atom. The third-order valence-corrected chi connectivity index (χ3v) is 4.16. The highest BCUT2D eigenvalue weighted by molar-refractivity contribution is 7.19. The van der Waals surface area contributed by atoms with Gasteiger partial charge in [-0.05, 0) is 24.6 Å². The summed E-state index contributed by atoms with van der Waals surface area (Å²) in [5, 5.41) is 5.07. The molecular formula is C11H10Cl2N2S. The summed E-state index contributed by atoms with van der Waals surface area (Å²) in [5.41, 5.74) is 2.04. The van der Waals surface area contributed by atoms with Crippen molar-refractivity contribution in [3.05, 3.63) is 33.9 Å². The highest BCUT2D eigenvalue weighted by Gasteiger charge is 2.10. The maximum Gasteiger partial charge on any atom is 0.183 e. The molecule has 0 aliphatic heterocycles. The Morgan fingerprint density at radius 2 is 2.00 bits per heavy atom. The summed E-state index contributed by atoms with van der Waals surface area (Å²) in [5.74, 6) is 0. The number of aryl methyl sites for hydroxylation is 1. The van der Waals surface area contributed by atoms with Gasteiger partial charge in [0, 0.05) is 7.05 Å². The standard InChI is InChI=1S/C11H10Cl2N2S/c1-6-10(16-11(14-2)15-6)7-3-4-8(12)9(13)5-7/h3-5H,1-2H3,(H,14,15). The number of nitrogens with zero attached hydrogens (tertiary/aromatic N) is 1. The molecule has 1 heterocycles. The highest BCUT2D eigenvalue weighted by atomic mass is 35.5. The fourth-order valence-corrected chi connectivity index (χ4v) is 2.62. The van der Waals surface area contributed by atoms with Gasteiger partial charge in [0.05, 0.1) is 20.6 Å². The van der Waals surface area contributed by atoms with Crippen molar-refractivity contribution in [2.75, 3.05) is 12.4 Å². The second-order valence-corrected chi connectivity index (χ2v) is 5.13. The summed E-state index contributed by atoms with van der Waals surface area (Å²) in [4.78, 5) is 5.50. The average molecular weight is 273 g/mol. The van der Waals surface area contributed by atoms with E-state index in [0.29, 0.717) is 10.0 Å². The number of nitrogens with one attached hydrogen (secondary N) is 1. The molecule has 0 saturated heterocycles. The summed E-state index contributed by atoms with van der Waals surface area (Å²) >= 11 is 13.5. The van der Waals surface area contributed by atoms with E-state index in [1.807, 2.05) is 26.1 Å². The maximum absolute atomic E-state index is 5.99. The molecule has 0 bridgehead atoms. The number of benzene rings is 1. The Morgan fingerprint density at radius 1 is 1.25 bits per heavy atom. The zero-order chi connectivity index (χ0) is 11.7. The molecule has 1 N–H and O–H groups in total. The predicted molar refractivity (Wildman–Crippen MR) is 71.9 cm³/mol. The molecule has 0 aliphatic rings. The first kappa shape index (κ1) is 11.7. The molecule has 0 fully saturated rings. The first-order valence-corrected chi connectivity index (χ1v) is 6.29. The second kappa shape index (κ2) is 4.62. The SMILES string of the molecule is CNc1nc(C)c(-c2ccc(Cl)c(Cl)c2)s1. The minimum absolute atomic E-state index is 0.568. The second-order valence-electron chi connectivity index (χ2n) is 3.31. The Balaban J connectivity index is 2.49. The smallest absolute Gasteiger partial charge is 0.183 e. The van der Waals surface area contributed by atoms with Crippen molar-refractivity contribution >= 4 is 39.7 Å². The molecule has 0 atom stereocenters. The van der Waals surface area contributed by atoms with Gasteiger partial charge in [-0.3, -0.25) is 0 Å². The van der Waals surface area contributed by atoms with E-state index in [-0.39, 0.29) is 0 Å². The highest BCUT2D eigenvalue weighted by Crippen LogP contribution is 2.35. The van der Waals surface area contributed by atoms with Crippen LogP contribution in [0.25, 0.3) is 10.4 Å². The van der Waals surface area contributed by atoms with Crippen molar-refractivity contribution < 1.29 is 0 Å². The fraction of sp³-hybridized carbons (Fsp3) is 0.182. The molecule has 0 saturated carbocycles. The van der Waals surface area contributed by atoms with Crippen molar-refractivity contribution in [1.29, 1.82) is 0 Å². The van der Waals surface area contributed by atoms with Gasteiger partial charge in [0.25, 0.3) is 0 Å². The van der Waals surface area contributed by atoms with Crippen molar-refractivity contribution in [3.8, 4) is 10.4 Å². The van der Waals surface area contributed by atoms with Gasteiger partial charge < -0.3 is 5.32 Å². The Labute approximate surface area is 108 Å². The van der Waals surface area contributed by atoms with Gasteiger partial charge in [-0.25, -0.2) is 4.98 Å². The summed E-state index contributed by atoms with van der Waals surface area (Å²) in [6.07, 6.45) is 0. The Kier molecular flexibility index (Phi) is 3.38. The lowest BCUT2D eigenvalue weighted by molar-refractivity contribution is 1.25. The van der Waals surface area contributed by atoms with Crippen LogP contribution in [0.2, 0.25) is 10.0 Å². The van der Waals surface area contributed by atoms with Gasteiger partial charge in [-0.15, -0.1) is 0 Å². The molecule has 2 rings (SSSR count). The topological polar surface area (TPSA) is 24.9 Å². The fourth-order valence-electron chi connectivity index (χ4n) is 1.41. The van der Waals surface area contributed by atoms with Gasteiger partial charge in [0.2, 0.25) is 0 Å². The molecular weight excluding hydrogens is 263 g/mol. The summed E-state index contributed by atoms with van der Waals surface area (Å²) in [6.45, 7) is 1.98. The van der Waals surface area contributed by atoms with Crippen LogP contribution < -0.4 is 5.32 Å². The summed E-state index contributed by atoms with van der Waals surface area (Å²) < 4.78 is 0. The molecule has 0 amide bonds. The number of hydrogen-bond acceptors (Lipinski definition) is 3. The monoisotopic (exact) mass is 272 g/mol. The van der Waals surface area contributed by atoms with E-state index < -0.39 is 0 Å². The van der Waals surface area contributed by atoms with Crippen LogP contribution in [0.5, 0.6) is 0 Å². The van der Waals surface area contributed by atoms with E-state index >= 15 is 0 Å². The third-order valence-electron chi connectivity index (χ3n) is 2.19. The van der Waals surface area contributed by atoms with Crippen LogP contribution in [0, 0.1) is 6.92 Å². The van der Waals surface area contributed by atoms with E-state index in [4.69, 9.17) is 23.2 Å². The normalized spacial score (nSPS) is 10.5. The largest absolute Gasteiger partial charge is 0.365 e. The molecule has 0 unspecified atom stereocenters. The van der Waals surface area contributed by atoms with Crippen LogP contribution >= 0.6 is 34.5 Å². The van der Waals surface area contributed by atoms with E-state index in [0.717, 1.165) is 21.3 Å². The molecule has 0 radical (unpaired) electrons. The van der Waals surface area contributed by atoms with Gasteiger partial charge in [0.1, 0.15) is 0 Å². The molecule has 2 aromatic rings. The summed E-state index contributed by atoms with van der Waals surface area (Å²) in [6, 6.07) is 5.62. The molecule has 2 nitrogen and oxygen atoms in total. The third kappa shape index (κ3) is 2.17. The lowest BCUT2D eigenvalue weighted by atomic mass is 10.2. The van der Waals surface area contributed by atoms with Crippen molar-refractivity contribution in [3.63, 3.8) is 0 Å². The number of halogens is 2. The number of hydrogen-bond donors (Lipinski definition) is 1. The molecule has 0 spiro atoms. The van der Waals surface area contributed by atoms with Gasteiger partial charge in [-0.1, -0.05) is 40.6 Å². The van der Waals surface area contributed by atoms with E-state index in [9.17, 15) is 0 Å². The Hall–Kier alpha value is -0.770. The lowest BCUT2D eigenvalue weighted by Gasteiger charge is -2.00. The maximum atomic E-state index is 5.99. The molecule has 5 heteroatoms. The molecule has 84 valence electrons. The van der Waals surface area contributed by atoms with Crippen LogP contribution in [0.1, 0.15) is 5.69 Å². The number of anilines is 1. The number of thiazole rings is 1. The zero-order valence-corrected chi connectivity index (χ0v) is 11.2. The predicted octanol–water partition coefficient (Wildman–Crippen LogP) is 4.47. The lowest BCUT2D eigenvalue weighted by Crippen LogP contribution is -1.84. The Bertz CT molecular complexity index is 523. The molecule has 1 aromatic heterocycles. The van der Waals surface area contributed by atoms with Crippen LogP contribution in [0.3, 0.4) is 0 Å². The van der Waals surface area contributed by atoms with Crippen LogP contribution in [0.15, 0.2) is 18.2 Å². The first-order valence-electron chi connectivity index (χ1n) is 4.72. The number of aromatic nitrogens is 1. The minimum Gasteiger partial charge on any atom is -0.365 e. The van der Waals surface area contributed by atoms with Crippen molar-refractivity contribution in [2.24, 2.45) is 0 Å². The van der Waals surface area contributed by atoms with Gasteiger partial charge in [-0.2, -0.15) is 0 Å². The van der Waals surface area contributed by atoms with Crippen molar-refractivity contribution in [2.45, 2.75) is 6.92 Å². The minimum atomic E-state index is 0.568. The van der Waals surface area contributed by atoms with Crippen LogP contribution in [-0.2, 0) is 0 Å². The molecule has 0 aliphatic carbocycles. The van der Waals surface area contributed by atoms with E-state index in [2.05, 4.69) is 10.3 Å². The average Bonchev–Trinajstić information content (AvgIpc) is 2.64. The van der Waals surface area contributed by atoms with Crippen molar-refractivity contribution in [1.82, 2.24) is 4.98 Å². The number of rotatable bonds is 2. The quantitative estimate of drug-likeness (QED) is 0.873. The summed E-state index contributed by atoms with van der Waals surface area (Å²) in [7, 11) is 1.86. The van der Waals surface area contributed by atoms with Crippen LogP contribution in [0.4, 0.5) is 5.13 Å². The zero-order valence-electron chi connectivity index (χ0n) is 8.84. The molecule has 1 aromatic carbocycles. The van der Waals surface area contributed by atoms with Crippen LogP contribution in [-0.4, -0.2) is 12.0 Å². The van der Waals surface area contributed by atoms with Gasteiger partial charge >= 0.3 is 0 Å². The van der Waals surface area contributed by atoms with E-state index in [1.165, 1.54) is 0 Å². The van der Waals surface area contributed by atoms with Gasteiger partial charge in [0.15, 0.2) is 5.13 Å².